The smallest absolute Gasteiger partial charge is 0.242 e. The van der Waals surface area contributed by atoms with Gasteiger partial charge in [-0.25, -0.2) is 0 Å². The van der Waals surface area contributed by atoms with Crippen molar-refractivity contribution in [3.63, 3.8) is 0 Å². The summed E-state index contributed by atoms with van der Waals surface area (Å²) in [6.07, 6.45) is 2.96. The molecule has 92 valence electrons. The van der Waals surface area contributed by atoms with Crippen LogP contribution in [-0.2, 0) is 10.3 Å². The number of nitrogens with two attached hydrogens (primary N) is 1. The number of benzene rings is 1. The predicted molar refractivity (Wildman–Crippen MR) is 68.6 cm³/mol. The van der Waals surface area contributed by atoms with E-state index in [2.05, 4.69) is 5.32 Å². The van der Waals surface area contributed by atoms with Crippen molar-refractivity contribution in [1.29, 1.82) is 0 Å². The van der Waals surface area contributed by atoms with Crippen LogP contribution in [0.1, 0.15) is 36.0 Å². The highest BCUT2D eigenvalue weighted by Crippen LogP contribution is 2.34. The van der Waals surface area contributed by atoms with E-state index in [9.17, 15) is 4.79 Å². The van der Waals surface area contributed by atoms with Crippen molar-refractivity contribution >= 4 is 5.91 Å². The van der Waals surface area contributed by atoms with Crippen molar-refractivity contribution in [3.05, 3.63) is 34.9 Å². The molecule has 1 heterocycles. The van der Waals surface area contributed by atoms with Gasteiger partial charge in [0.05, 0.1) is 0 Å². The SMILES string of the molecule is Cc1cccc(C)c1[C@]1(C(N)=O)CCCCN1. The van der Waals surface area contributed by atoms with Crippen molar-refractivity contribution in [2.75, 3.05) is 6.54 Å². The Hall–Kier alpha value is -1.35. The molecule has 1 aliphatic heterocycles. The highest BCUT2D eigenvalue weighted by atomic mass is 16.1. The molecule has 2 rings (SSSR count). The summed E-state index contributed by atoms with van der Waals surface area (Å²) in [6, 6.07) is 6.11. The van der Waals surface area contributed by atoms with Gasteiger partial charge in [0, 0.05) is 0 Å². The van der Waals surface area contributed by atoms with Gasteiger partial charge in [-0.3, -0.25) is 10.1 Å². The zero-order chi connectivity index (χ0) is 12.5. The number of piperidine rings is 1. The molecule has 1 aliphatic rings. The molecule has 1 saturated heterocycles. The van der Waals surface area contributed by atoms with Gasteiger partial charge >= 0.3 is 0 Å². The van der Waals surface area contributed by atoms with Crippen LogP contribution in [0.5, 0.6) is 0 Å². The third kappa shape index (κ3) is 1.95. The van der Waals surface area contributed by atoms with Crippen molar-refractivity contribution in [1.82, 2.24) is 5.32 Å². The number of nitrogens with one attached hydrogen (secondary N) is 1. The molecule has 0 aliphatic carbocycles. The molecule has 3 heteroatoms. The zero-order valence-corrected chi connectivity index (χ0v) is 10.5. The van der Waals surface area contributed by atoms with Crippen LogP contribution in [0.2, 0.25) is 0 Å². The van der Waals surface area contributed by atoms with Crippen LogP contribution in [0.3, 0.4) is 0 Å². The minimum atomic E-state index is -0.659. The Bertz CT molecular complexity index is 414. The quantitative estimate of drug-likeness (QED) is 0.816. The molecule has 1 aromatic rings. The highest BCUT2D eigenvalue weighted by Gasteiger charge is 2.41. The summed E-state index contributed by atoms with van der Waals surface area (Å²) in [4.78, 5) is 11.9. The van der Waals surface area contributed by atoms with E-state index >= 15 is 0 Å². The van der Waals surface area contributed by atoms with Crippen molar-refractivity contribution in [2.24, 2.45) is 5.73 Å². The predicted octanol–water partition coefficient (Wildman–Crippen LogP) is 1.76. The van der Waals surface area contributed by atoms with Gasteiger partial charge in [-0.1, -0.05) is 18.2 Å². The molecular weight excluding hydrogens is 212 g/mol. The molecule has 0 aromatic heterocycles. The molecular formula is C14H20N2O. The third-order valence-corrected chi connectivity index (χ3v) is 3.73. The maximum atomic E-state index is 11.9. The molecule has 1 amide bonds. The minimum absolute atomic E-state index is 0.255. The lowest BCUT2D eigenvalue weighted by Gasteiger charge is -2.38. The zero-order valence-electron chi connectivity index (χ0n) is 10.5. The van der Waals surface area contributed by atoms with Crippen LogP contribution >= 0.6 is 0 Å². The van der Waals surface area contributed by atoms with E-state index in [-0.39, 0.29) is 5.91 Å². The van der Waals surface area contributed by atoms with E-state index in [1.54, 1.807) is 0 Å². The van der Waals surface area contributed by atoms with Crippen molar-refractivity contribution in [2.45, 2.75) is 38.6 Å². The Kier molecular flexibility index (Phi) is 3.20. The van der Waals surface area contributed by atoms with Crippen molar-refractivity contribution in [3.8, 4) is 0 Å². The van der Waals surface area contributed by atoms with Gasteiger partial charge in [-0.2, -0.15) is 0 Å². The Morgan fingerprint density at radius 3 is 2.41 bits per heavy atom. The molecule has 0 radical (unpaired) electrons. The van der Waals surface area contributed by atoms with Crippen LogP contribution in [0.25, 0.3) is 0 Å². The van der Waals surface area contributed by atoms with Crippen molar-refractivity contribution < 1.29 is 4.79 Å². The van der Waals surface area contributed by atoms with Gasteiger partial charge < -0.3 is 5.73 Å². The lowest BCUT2D eigenvalue weighted by molar-refractivity contribution is -0.125. The topological polar surface area (TPSA) is 55.1 Å². The van der Waals surface area contributed by atoms with E-state index in [4.69, 9.17) is 5.73 Å². The van der Waals surface area contributed by atoms with E-state index < -0.39 is 5.54 Å². The van der Waals surface area contributed by atoms with Crippen LogP contribution in [0, 0.1) is 13.8 Å². The molecule has 3 N–H and O–H groups in total. The standard InChI is InChI=1S/C14H20N2O/c1-10-6-5-7-11(2)12(10)14(13(15)17)8-3-4-9-16-14/h5-7,16H,3-4,8-9H2,1-2H3,(H2,15,17)/t14-/m0/s1. The number of hydrogen-bond donors (Lipinski definition) is 2. The van der Waals surface area contributed by atoms with E-state index in [1.165, 1.54) is 0 Å². The molecule has 1 fully saturated rings. The number of hydrogen-bond acceptors (Lipinski definition) is 2. The Morgan fingerprint density at radius 1 is 1.29 bits per heavy atom. The number of aryl methyl sites for hydroxylation is 2. The fourth-order valence-electron chi connectivity index (χ4n) is 2.94. The first kappa shape index (κ1) is 12.1. The average Bonchev–Trinajstić information content (AvgIpc) is 2.29. The van der Waals surface area contributed by atoms with Gasteiger partial charge in [0.15, 0.2) is 0 Å². The molecule has 0 saturated carbocycles. The number of carbonyl (C=O) groups is 1. The normalized spacial score (nSPS) is 24.6. The largest absolute Gasteiger partial charge is 0.368 e. The average molecular weight is 232 g/mol. The van der Waals surface area contributed by atoms with Gasteiger partial charge in [0.1, 0.15) is 5.54 Å². The first-order valence-corrected chi connectivity index (χ1v) is 6.19. The molecule has 0 spiro atoms. The fourth-order valence-corrected chi connectivity index (χ4v) is 2.94. The minimum Gasteiger partial charge on any atom is -0.368 e. The summed E-state index contributed by atoms with van der Waals surface area (Å²) in [6.45, 7) is 4.95. The van der Waals surface area contributed by atoms with E-state index in [1.807, 2.05) is 32.0 Å². The first-order chi connectivity index (χ1) is 8.08. The Balaban J connectivity index is 2.56. The lowest BCUT2D eigenvalue weighted by atomic mass is 9.77. The van der Waals surface area contributed by atoms with Crippen LogP contribution < -0.4 is 11.1 Å². The molecule has 3 nitrogen and oxygen atoms in total. The van der Waals surface area contributed by atoms with E-state index in [0.29, 0.717) is 0 Å². The summed E-state index contributed by atoms with van der Waals surface area (Å²) in [7, 11) is 0. The van der Waals surface area contributed by atoms with Gasteiger partial charge in [0.2, 0.25) is 5.91 Å². The summed E-state index contributed by atoms with van der Waals surface area (Å²) in [5, 5.41) is 3.36. The Morgan fingerprint density at radius 2 is 1.94 bits per heavy atom. The summed E-state index contributed by atoms with van der Waals surface area (Å²) < 4.78 is 0. The maximum absolute atomic E-state index is 11.9. The van der Waals surface area contributed by atoms with Gasteiger partial charge in [-0.15, -0.1) is 0 Å². The number of amides is 1. The summed E-state index contributed by atoms with van der Waals surface area (Å²) in [5.41, 5.74) is 8.36. The molecule has 1 aromatic carbocycles. The molecule has 0 bridgehead atoms. The third-order valence-electron chi connectivity index (χ3n) is 3.73. The number of carbonyl (C=O) groups excluding carboxylic acids is 1. The lowest BCUT2D eigenvalue weighted by Crippen LogP contribution is -2.55. The molecule has 0 unspecified atom stereocenters. The van der Waals surface area contributed by atoms with Gasteiger partial charge in [0.25, 0.3) is 0 Å². The first-order valence-electron chi connectivity index (χ1n) is 6.19. The van der Waals surface area contributed by atoms with E-state index in [0.717, 1.165) is 42.5 Å². The summed E-state index contributed by atoms with van der Waals surface area (Å²) >= 11 is 0. The molecule has 1 atom stereocenters. The molecule has 17 heavy (non-hydrogen) atoms. The number of primary amides is 1. The van der Waals surface area contributed by atoms with Crippen LogP contribution in [0.15, 0.2) is 18.2 Å². The van der Waals surface area contributed by atoms with Gasteiger partial charge in [-0.05, 0) is 56.3 Å². The maximum Gasteiger partial charge on any atom is 0.242 e. The highest BCUT2D eigenvalue weighted by molar-refractivity contribution is 5.87. The number of rotatable bonds is 2. The summed E-state index contributed by atoms with van der Waals surface area (Å²) in [5.74, 6) is -0.255. The fraction of sp³-hybridized carbons (Fsp3) is 0.500. The second-order valence-corrected chi connectivity index (χ2v) is 4.92. The second kappa shape index (κ2) is 4.49. The van der Waals surface area contributed by atoms with Crippen LogP contribution in [0.4, 0.5) is 0 Å². The van der Waals surface area contributed by atoms with Crippen LogP contribution in [-0.4, -0.2) is 12.5 Å². The monoisotopic (exact) mass is 232 g/mol. The Labute approximate surface area is 102 Å². The second-order valence-electron chi connectivity index (χ2n) is 4.92.